The third-order valence-electron chi connectivity index (χ3n) is 6.14. The van der Waals surface area contributed by atoms with E-state index in [0.29, 0.717) is 5.78 Å². The Kier molecular flexibility index (Phi) is 5.41. The van der Waals surface area contributed by atoms with E-state index in [0.717, 1.165) is 64.5 Å². The number of anilines is 1. The summed E-state index contributed by atoms with van der Waals surface area (Å²) < 4.78 is 1.88. The molecule has 1 aliphatic carbocycles. The second-order valence-electron chi connectivity index (χ2n) is 8.09. The Morgan fingerprint density at radius 3 is 2.59 bits per heavy atom. The normalized spacial score (nSPS) is 18.1. The molecule has 2 aliphatic rings. The van der Waals surface area contributed by atoms with Gasteiger partial charge < -0.3 is 5.32 Å². The van der Waals surface area contributed by atoms with E-state index >= 15 is 0 Å². The van der Waals surface area contributed by atoms with Crippen LogP contribution in [0.5, 0.6) is 0 Å². The van der Waals surface area contributed by atoms with Gasteiger partial charge in [0.05, 0.1) is 5.69 Å². The van der Waals surface area contributed by atoms with E-state index in [-0.39, 0.29) is 0 Å². The van der Waals surface area contributed by atoms with Crippen LogP contribution in [0.4, 0.5) is 5.82 Å². The van der Waals surface area contributed by atoms with Gasteiger partial charge in [-0.15, -0.1) is 0 Å². The minimum Gasteiger partial charge on any atom is -0.368 e. The zero-order valence-corrected chi connectivity index (χ0v) is 16.9. The van der Waals surface area contributed by atoms with E-state index in [9.17, 15) is 0 Å². The molecule has 3 aromatic rings. The van der Waals surface area contributed by atoms with Crippen molar-refractivity contribution in [3.63, 3.8) is 0 Å². The number of rotatable bonds is 6. The van der Waals surface area contributed by atoms with Gasteiger partial charge in [0.25, 0.3) is 5.78 Å². The van der Waals surface area contributed by atoms with Crippen LogP contribution >= 0.6 is 0 Å². The van der Waals surface area contributed by atoms with Crippen molar-refractivity contribution in [1.29, 1.82) is 0 Å². The van der Waals surface area contributed by atoms with Crippen LogP contribution < -0.4 is 5.32 Å². The van der Waals surface area contributed by atoms with Crippen molar-refractivity contribution in [1.82, 2.24) is 29.4 Å². The van der Waals surface area contributed by atoms with Gasteiger partial charge in [0.2, 0.25) is 0 Å². The van der Waals surface area contributed by atoms with Crippen LogP contribution in [-0.4, -0.2) is 68.7 Å². The molecule has 1 aromatic carbocycles. The van der Waals surface area contributed by atoms with Gasteiger partial charge in [-0.1, -0.05) is 30.3 Å². The zero-order valence-electron chi connectivity index (χ0n) is 16.9. The summed E-state index contributed by atoms with van der Waals surface area (Å²) in [6, 6.07) is 10.8. The van der Waals surface area contributed by atoms with Gasteiger partial charge >= 0.3 is 0 Å². The lowest BCUT2D eigenvalue weighted by molar-refractivity contribution is 0.130. The number of benzene rings is 1. The number of hydrogen-bond acceptors (Lipinski definition) is 6. The molecule has 29 heavy (non-hydrogen) atoms. The Morgan fingerprint density at radius 2 is 1.72 bits per heavy atom. The lowest BCUT2D eigenvalue weighted by atomic mass is 9.96. The van der Waals surface area contributed by atoms with Gasteiger partial charge in [-0.25, -0.2) is 4.98 Å². The van der Waals surface area contributed by atoms with Gasteiger partial charge in [0.15, 0.2) is 0 Å². The third-order valence-corrected chi connectivity index (χ3v) is 6.14. The molecule has 5 rings (SSSR count). The van der Waals surface area contributed by atoms with Gasteiger partial charge in [0.1, 0.15) is 12.1 Å². The summed E-state index contributed by atoms with van der Waals surface area (Å²) in [5, 5.41) is 8.07. The maximum absolute atomic E-state index is 4.71. The van der Waals surface area contributed by atoms with E-state index < -0.39 is 0 Å². The Bertz CT molecular complexity index is 944. The molecule has 3 heterocycles. The highest BCUT2D eigenvalue weighted by Crippen LogP contribution is 2.26. The fourth-order valence-corrected chi connectivity index (χ4v) is 4.51. The van der Waals surface area contributed by atoms with Gasteiger partial charge in [-0.05, 0) is 31.2 Å². The first kappa shape index (κ1) is 18.5. The lowest BCUT2D eigenvalue weighted by Crippen LogP contribution is -2.47. The molecule has 0 radical (unpaired) electrons. The molecule has 0 spiro atoms. The molecule has 2 aromatic heterocycles. The molecule has 152 valence electrons. The topological polar surface area (TPSA) is 61.6 Å². The van der Waals surface area contributed by atoms with Gasteiger partial charge in [-0.2, -0.15) is 14.6 Å². The number of hydrogen-bond donors (Lipinski definition) is 1. The molecule has 0 saturated carbocycles. The Hall–Kier alpha value is -2.51. The molecular formula is C22H29N7. The quantitative estimate of drug-likeness (QED) is 0.695. The number of aryl methyl sites for hydroxylation is 1. The molecule has 1 saturated heterocycles. The maximum atomic E-state index is 4.71. The number of fused-ring (bicyclic) bond motifs is 2. The van der Waals surface area contributed by atoms with E-state index in [1.165, 1.54) is 29.7 Å². The summed E-state index contributed by atoms with van der Waals surface area (Å²) in [4.78, 5) is 14.1. The largest absolute Gasteiger partial charge is 0.368 e. The minimum absolute atomic E-state index is 0.711. The highest BCUT2D eigenvalue weighted by Gasteiger charge is 2.20. The summed E-state index contributed by atoms with van der Waals surface area (Å²) in [6.45, 7) is 7.54. The summed E-state index contributed by atoms with van der Waals surface area (Å²) in [5.41, 5.74) is 3.94. The van der Waals surface area contributed by atoms with Crippen LogP contribution in [0.2, 0.25) is 0 Å². The van der Waals surface area contributed by atoms with Crippen LogP contribution in [0.15, 0.2) is 36.7 Å². The van der Waals surface area contributed by atoms with E-state index in [2.05, 4.69) is 55.5 Å². The molecule has 7 nitrogen and oxygen atoms in total. The average Bonchev–Trinajstić information content (AvgIpc) is 3.23. The van der Waals surface area contributed by atoms with Crippen LogP contribution in [0.25, 0.3) is 5.78 Å². The van der Waals surface area contributed by atoms with E-state index in [1.807, 2.05) is 4.52 Å². The smallest absolute Gasteiger partial charge is 0.254 e. The predicted molar refractivity (Wildman–Crippen MR) is 114 cm³/mol. The Balaban J connectivity index is 1.16. The molecule has 0 atom stereocenters. The van der Waals surface area contributed by atoms with Crippen LogP contribution in [0, 0.1) is 0 Å². The standard InChI is InChI=1S/C22H29N7/c1-2-6-18(7-3-1)16-28-14-12-27(13-15-28)11-10-23-21-19-8-4-5-9-20(19)26-22-24-17-25-29(21)22/h1-3,6-7,17,23H,4-5,8-16H2. The molecular weight excluding hydrogens is 362 g/mol. The summed E-state index contributed by atoms with van der Waals surface area (Å²) in [7, 11) is 0. The highest BCUT2D eigenvalue weighted by molar-refractivity contribution is 5.53. The summed E-state index contributed by atoms with van der Waals surface area (Å²) in [5.74, 6) is 1.81. The SMILES string of the molecule is c1ccc(CN2CCN(CCNc3c4c(nc5ncnn35)CCCC4)CC2)cc1. The van der Waals surface area contributed by atoms with Crippen molar-refractivity contribution in [2.45, 2.75) is 32.2 Å². The second kappa shape index (κ2) is 8.47. The summed E-state index contributed by atoms with van der Waals surface area (Å²) in [6.07, 6.45) is 6.18. The van der Waals surface area contributed by atoms with Crippen molar-refractivity contribution >= 4 is 11.6 Å². The van der Waals surface area contributed by atoms with E-state index in [4.69, 9.17) is 4.98 Å². The lowest BCUT2D eigenvalue weighted by Gasteiger charge is -2.34. The van der Waals surface area contributed by atoms with Crippen molar-refractivity contribution < 1.29 is 0 Å². The Labute approximate surface area is 171 Å². The van der Waals surface area contributed by atoms with Crippen LogP contribution in [0.3, 0.4) is 0 Å². The predicted octanol–water partition coefficient (Wildman–Crippen LogP) is 2.23. The number of nitrogens with one attached hydrogen (secondary N) is 1. The first-order chi connectivity index (χ1) is 14.4. The molecule has 1 fully saturated rings. The van der Waals surface area contributed by atoms with Gasteiger partial charge in [0, 0.05) is 51.4 Å². The second-order valence-corrected chi connectivity index (χ2v) is 8.09. The minimum atomic E-state index is 0.711. The number of nitrogens with zero attached hydrogens (tertiary/aromatic N) is 6. The van der Waals surface area contributed by atoms with Gasteiger partial charge in [-0.3, -0.25) is 9.80 Å². The van der Waals surface area contributed by atoms with Crippen LogP contribution in [-0.2, 0) is 19.4 Å². The number of piperazine rings is 1. The molecule has 1 N–H and O–H groups in total. The average molecular weight is 392 g/mol. The zero-order chi connectivity index (χ0) is 19.5. The number of aromatic nitrogens is 4. The third kappa shape index (κ3) is 4.11. The first-order valence-corrected chi connectivity index (χ1v) is 10.8. The molecule has 1 aliphatic heterocycles. The van der Waals surface area contributed by atoms with Crippen molar-refractivity contribution in [3.8, 4) is 0 Å². The molecule has 0 bridgehead atoms. The Morgan fingerprint density at radius 1 is 0.931 bits per heavy atom. The van der Waals surface area contributed by atoms with Crippen molar-refractivity contribution in [2.24, 2.45) is 0 Å². The van der Waals surface area contributed by atoms with Crippen LogP contribution in [0.1, 0.15) is 29.7 Å². The fraction of sp³-hybridized carbons (Fsp3) is 0.500. The van der Waals surface area contributed by atoms with Crippen molar-refractivity contribution in [3.05, 3.63) is 53.5 Å². The monoisotopic (exact) mass is 391 g/mol. The maximum Gasteiger partial charge on any atom is 0.254 e. The van der Waals surface area contributed by atoms with Crippen molar-refractivity contribution in [2.75, 3.05) is 44.6 Å². The molecule has 0 amide bonds. The summed E-state index contributed by atoms with van der Waals surface area (Å²) >= 11 is 0. The molecule has 7 heteroatoms. The van der Waals surface area contributed by atoms with E-state index in [1.54, 1.807) is 6.33 Å². The first-order valence-electron chi connectivity index (χ1n) is 10.8. The molecule has 0 unspecified atom stereocenters. The highest BCUT2D eigenvalue weighted by atomic mass is 15.4. The fourth-order valence-electron chi connectivity index (χ4n) is 4.51.